The second-order valence-electron chi connectivity index (χ2n) is 1.92. The molecule has 0 amide bonds. The van der Waals surface area contributed by atoms with Gasteiger partial charge in [0, 0.05) is 5.69 Å². The van der Waals surface area contributed by atoms with Crippen LogP contribution in [0.4, 0.5) is 5.69 Å². The van der Waals surface area contributed by atoms with Gasteiger partial charge in [0.1, 0.15) is 0 Å². The zero-order valence-corrected chi connectivity index (χ0v) is 7.06. The molecule has 0 saturated carbocycles. The molecule has 0 radical (unpaired) electrons. The number of nitrogens with two attached hydrogens (primary N) is 1. The topological polar surface area (TPSA) is 104 Å². The van der Waals surface area contributed by atoms with Gasteiger partial charge in [-0.2, -0.15) is 0 Å². The standard InChI is InChI=1S/C6H7N.K.H3O4P.H/c7-6-4-2-1-3-5-6;;1-5(2,3)4;/h1-5H,7H2;;(H3,1,2,3,4);. The first-order chi connectivity index (χ1) is 5.39. The molecule has 0 aliphatic rings. The summed E-state index contributed by atoms with van der Waals surface area (Å²) in [5.41, 5.74) is 6.18. The normalized spacial score (nSPS) is 9.15. The van der Waals surface area contributed by atoms with E-state index in [0.29, 0.717) is 0 Å². The summed E-state index contributed by atoms with van der Waals surface area (Å²) in [5.74, 6) is 0. The average molecular weight is 231 g/mol. The van der Waals surface area contributed by atoms with Crippen LogP contribution in [0.15, 0.2) is 30.3 Å². The minimum absolute atomic E-state index is 0. The first kappa shape index (κ1) is 16.2. The molecule has 0 saturated heterocycles. The van der Waals surface area contributed by atoms with Crippen molar-refractivity contribution in [1.82, 2.24) is 0 Å². The molecule has 0 unspecified atom stereocenters. The Bertz CT molecular complexity index is 254. The second kappa shape index (κ2) is 8.11. The van der Waals surface area contributed by atoms with E-state index in [4.69, 9.17) is 25.0 Å². The van der Waals surface area contributed by atoms with E-state index in [9.17, 15) is 0 Å². The van der Waals surface area contributed by atoms with Gasteiger partial charge < -0.3 is 20.4 Å². The van der Waals surface area contributed by atoms with Gasteiger partial charge in [-0.1, -0.05) is 18.2 Å². The Morgan fingerprint density at radius 1 is 1.08 bits per heavy atom. The number of para-hydroxylation sites is 1. The van der Waals surface area contributed by atoms with Gasteiger partial charge in [0.2, 0.25) is 0 Å². The summed E-state index contributed by atoms with van der Waals surface area (Å²) in [6.45, 7) is 0. The van der Waals surface area contributed by atoms with Crippen molar-refractivity contribution in [2.24, 2.45) is 0 Å². The predicted molar refractivity (Wildman–Crippen MR) is 52.3 cm³/mol. The van der Waals surface area contributed by atoms with E-state index in [1.807, 2.05) is 30.3 Å². The van der Waals surface area contributed by atoms with Gasteiger partial charge in [0.25, 0.3) is 0 Å². The fourth-order valence-electron chi connectivity index (χ4n) is 0.453. The van der Waals surface area contributed by atoms with E-state index in [2.05, 4.69) is 0 Å². The third kappa shape index (κ3) is 19.3. The van der Waals surface area contributed by atoms with Crippen LogP contribution in [-0.4, -0.2) is 66.1 Å². The summed E-state index contributed by atoms with van der Waals surface area (Å²) in [4.78, 5) is 21.6. The maximum absolute atomic E-state index is 8.88. The number of benzene rings is 1. The van der Waals surface area contributed by atoms with Gasteiger partial charge in [-0.3, -0.25) is 0 Å². The number of rotatable bonds is 0. The average Bonchev–Trinajstić information content (AvgIpc) is 1.85. The van der Waals surface area contributed by atoms with Crippen molar-refractivity contribution >= 4 is 64.9 Å². The van der Waals surface area contributed by atoms with Crippen LogP contribution in [0.25, 0.3) is 0 Å². The van der Waals surface area contributed by atoms with Crippen molar-refractivity contribution in [3.8, 4) is 0 Å². The van der Waals surface area contributed by atoms with Gasteiger partial charge in [0.15, 0.2) is 0 Å². The molecule has 5 nitrogen and oxygen atoms in total. The molecule has 70 valence electrons. The van der Waals surface area contributed by atoms with Crippen molar-refractivity contribution in [3.63, 3.8) is 0 Å². The predicted octanol–water partition coefficient (Wildman–Crippen LogP) is -0.308. The zero-order chi connectivity index (χ0) is 9.61. The van der Waals surface area contributed by atoms with Crippen molar-refractivity contribution < 1.29 is 19.2 Å². The first-order valence-corrected chi connectivity index (χ1v) is 4.55. The molecule has 0 bridgehead atoms. The Hall–Kier alpha value is 0.766. The van der Waals surface area contributed by atoms with Gasteiger partial charge >= 0.3 is 59.2 Å². The van der Waals surface area contributed by atoms with Gasteiger partial charge in [-0.25, -0.2) is 4.57 Å². The molecule has 1 rings (SSSR count). The fourth-order valence-corrected chi connectivity index (χ4v) is 0.453. The summed E-state index contributed by atoms with van der Waals surface area (Å²) >= 11 is 0. The molecule has 0 fully saturated rings. The molecule has 0 atom stereocenters. The summed E-state index contributed by atoms with van der Waals surface area (Å²) in [6.07, 6.45) is 0. The SMILES string of the molecule is Nc1ccccc1.O=P(O)(O)O.[KH]. The Morgan fingerprint density at radius 2 is 1.38 bits per heavy atom. The summed E-state index contributed by atoms with van der Waals surface area (Å²) in [6, 6.07) is 9.49. The maximum atomic E-state index is 8.88. The molecule has 0 aromatic heterocycles. The van der Waals surface area contributed by atoms with E-state index in [1.54, 1.807) is 0 Å². The molecule has 7 heteroatoms. The fraction of sp³-hybridized carbons (Fsp3) is 0. The zero-order valence-electron chi connectivity index (χ0n) is 6.16. The molecule has 0 heterocycles. The van der Waals surface area contributed by atoms with Crippen LogP contribution in [0.2, 0.25) is 0 Å². The van der Waals surface area contributed by atoms with Crippen LogP contribution in [0, 0.1) is 0 Å². The molecular weight excluding hydrogens is 220 g/mol. The molecule has 0 spiro atoms. The first-order valence-electron chi connectivity index (χ1n) is 2.98. The van der Waals surface area contributed by atoms with Crippen LogP contribution in [0.5, 0.6) is 0 Å². The summed E-state index contributed by atoms with van der Waals surface area (Å²) < 4.78 is 8.88. The second-order valence-corrected chi connectivity index (χ2v) is 2.95. The molecule has 0 aliphatic heterocycles. The van der Waals surface area contributed by atoms with Gasteiger partial charge in [-0.15, -0.1) is 0 Å². The number of hydrogen-bond acceptors (Lipinski definition) is 2. The number of nitrogen functional groups attached to an aromatic ring is 1. The number of anilines is 1. The van der Waals surface area contributed by atoms with Crippen molar-refractivity contribution in [2.45, 2.75) is 0 Å². The van der Waals surface area contributed by atoms with Gasteiger partial charge in [-0.05, 0) is 12.1 Å². The number of phosphoric acid groups is 1. The Morgan fingerprint density at radius 3 is 1.54 bits per heavy atom. The third-order valence-electron chi connectivity index (χ3n) is 0.800. The van der Waals surface area contributed by atoms with Crippen LogP contribution in [-0.2, 0) is 4.57 Å². The molecule has 13 heavy (non-hydrogen) atoms. The molecule has 1 aromatic carbocycles. The molecular formula is C6H11KNO4P. The van der Waals surface area contributed by atoms with Crippen LogP contribution >= 0.6 is 7.82 Å². The van der Waals surface area contributed by atoms with E-state index >= 15 is 0 Å². The minimum atomic E-state index is -4.64. The Kier molecular flexibility index (Phi) is 10.1. The Labute approximate surface area is 119 Å². The van der Waals surface area contributed by atoms with Crippen LogP contribution < -0.4 is 5.73 Å². The van der Waals surface area contributed by atoms with Crippen LogP contribution in [0.3, 0.4) is 0 Å². The third-order valence-corrected chi connectivity index (χ3v) is 0.800. The summed E-state index contributed by atoms with van der Waals surface area (Å²) in [7, 11) is -4.64. The number of hydrogen-bond donors (Lipinski definition) is 4. The van der Waals surface area contributed by atoms with Crippen LogP contribution in [0.1, 0.15) is 0 Å². The quantitative estimate of drug-likeness (QED) is 0.278. The van der Waals surface area contributed by atoms with E-state index in [1.165, 1.54) is 0 Å². The monoisotopic (exact) mass is 231 g/mol. The van der Waals surface area contributed by atoms with Gasteiger partial charge in [0.05, 0.1) is 0 Å². The molecule has 0 aliphatic carbocycles. The van der Waals surface area contributed by atoms with Crippen molar-refractivity contribution in [3.05, 3.63) is 30.3 Å². The molecule has 5 N–H and O–H groups in total. The summed E-state index contributed by atoms with van der Waals surface area (Å²) in [5, 5.41) is 0. The van der Waals surface area contributed by atoms with E-state index in [0.717, 1.165) is 5.69 Å². The molecule has 1 aromatic rings. The van der Waals surface area contributed by atoms with Crippen molar-refractivity contribution in [2.75, 3.05) is 5.73 Å². The van der Waals surface area contributed by atoms with Crippen molar-refractivity contribution in [1.29, 1.82) is 0 Å². The Balaban J connectivity index is 0. The van der Waals surface area contributed by atoms with E-state index < -0.39 is 7.82 Å². The van der Waals surface area contributed by atoms with E-state index in [-0.39, 0.29) is 51.4 Å².